The number of alkyl halides is 2. The van der Waals surface area contributed by atoms with Gasteiger partial charge in [0.05, 0.1) is 11.4 Å². The Kier molecular flexibility index (Phi) is 4.25. The van der Waals surface area contributed by atoms with E-state index < -0.39 is 29.1 Å². The predicted octanol–water partition coefficient (Wildman–Crippen LogP) is 0.483. The van der Waals surface area contributed by atoms with Crippen molar-refractivity contribution in [2.75, 3.05) is 18.9 Å². The van der Waals surface area contributed by atoms with E-state index in [0.717, 1.165) is 0 Å². The molecule has 0 spiro atoms. The summed E-state index contributed by atoms with van der Waals surface area (Å²) >= 11 is 0. The molecule has 4 N–H and O–H groups in total. The minimum Gasteiger partial charge on any atom is -0.399 e. The molecule has 5 nitrogen and oxygen atoms in total. The van der Waals surface area contributed by atoms with E-state index in [2.05, 4.69) is 0 Å². The molecule has 0 saturated heterocycles. The lowest BCUT2D eigenvalue weighted by Gasteiger charge is -2.14. The second-order valence-electron chi connectivity index (χ2n) is 3.86. The van der Waals surface area contributed by atoms with E-state index >= 15 is 0 Å². The number of hydrogen-bond acceptors (Lipinski definition) is 4. The van der Waals surface area contributed by atoms with E-state index in [9.17, 15) is 17.2 Å². The monoisotopic (exact) mass is 280 g/mol. The zero-order valence-electron chi connectivity index (χ0n) is 9.65. The number of nitrogens with two attached hydrogens (primary N) is 1. The summed E-state index contributed by atoms with van der Waals surface area (Å²) in [4.78, 5) is -0.150. The van der Waals surface area contributed by atoms with Crippen molar-refractivity contribution in [3.8, 4) is 0 Å². The van der Waals surface area contributed by atoms with Crippen molar-refractivity contribution in [2.24, 2.45) is 0 Å². The molecule has 0 aliphatic heterocycles. The van der Waals surface area contributed by atoms with Gasteiger partial charge < -0.3 is 10.8 Å². The van der Waals surface area contributed by atoms with Crippen molar-refractivity contribution in [3.05, 3.63) is 23.8 Å². The fourth-order valence-electron chi connectivity index (χ4n) is 1.16. The zero-order valence-corrected chi connectivity index (χ0v) is 10.5. The SMILES string of the molecule is Cc1cc(S(=O)(=O)NCC(F)(F)CO)ccc1N. The Labute approximate surface area is 104 Å². The topological polar surface area (TPSA) is 92.4 Å². The first-order chi connectivity index (χ1) is 8.18. The van der Waals surface area contributed by atoms with Crippen LogP contribution < -0.4 is 10.5 Å². The maximum Gasteiger partial charge on any atom is 0.283 e. The minimum atomic E-state index is -4.04. The maximum atomic E-state index is 12.7. The number of nitrogens with one attached hydrogen (secondary N) is 1. The van der Waals surface area contributed by atoms with Gasteiger partial charge in [-0.2, -0.15) is 0 Å². The van der Waals surface area contributed by atoms with Gasteiger partial charge in [0.1, 0.15) is 6.61 Å². The smallest absolute Gasteiger partial charge is 0.283 e. The molecule has 0 aliphatic rings. The quantitative estimate of drug-likeness (QED) is 0.684. The molecule has 0 heterocycles. The number of nitrogen functional groups attached to an aromatic ring is 1. The number of sulfonamides is 1. The van der Waals surface area contributed by atoms with Gasteiger partial charge in [0.2, 0.25) is 10.0 Å². The summed E-state index contributed by atoms with van der Waals surface area (Å²) in [6.45, 7) is -0.970. The third-order valence-corrected chi connectivity index (χ3v) is 3.70. The van der Waals surface area contributed by atoms with Crippen molar-refractivity contribution >= 4 is 15.7 Å². The highest BCUT2D eigenvalue weighted by Crippen LogP contribution is 2.18. The molecule has 0 saturated carbocycles. The summed E-state index contributed by atoms with van der Waals surface area (Å²) < 4.78 is 50.6. The van der Waals surface area contributed by atoms with Gasteiger partial charge in [-0.15, -0.1) is 0 Å². The Bertz CT molecular complexity index is 532. The number of aliphatic hydroxyl groups excluding tert-OH is 1. The average molecular weight is 280 g/mol. The molecule has 0 unspecified atom stereocenters. The van der Waals surface area contributed by atoms with Crippen LogP contribution in [0.1, 0.15) is 5.56 Å². The molecular formula is C10H14F2N2O3S. The Balaban J connectivity index is 2.90. The third kappa shape index (κ3) is 3.62. The van der Waals surface area contributed by atoms with Crippen LogP contribution in [-0.4, -0.2) is 32.6 Å². The Morgan fingerprint density at radius 2 is 2.06 bits per heavy atom. The normalized spacial score (nSPS) is 12.7. The molecule has 1 rings (SSSR count). The van der Waals surface area contributed by atoms with E-state index in [-0.39, 0.29) is 4.90 Å². The van der Waals surface area contributed by atoms with E-state index in [1.165, 1.54) is 18.2 Å². The summed E-state index contributed by atoms with van der Waals surface area (Å²) in [5.41, 5.74) is 6.47. The Morgan fingerprint density at radius 1 is 1.44 bits per heavy atom. The lowest BCUT2D eigenvalue weighted by Crippen LogP contribution is -2.38. The van der Waals surface area contributed by atoms with E-state index in [1.54, 1.807) is 11.6 Å². The Morgan fingerprint density at radius 3 is 2.56 bits per heavy atom. The standard InChI is InChI=1S/C10H14F2N2O3S/c1-7-4-8(2-3-9(7)13)18(16,17)14-5-10(11,12)6-15/h2-4,14-15H,5-6,13H2,1H3. The van der Waals surface area contributed by atoms with Crippen LogP contribution in [0.15, 0.2) is 23.1 Å². The largest absolute Gasteiger partial charge is 0.399 e. The van der Waals surface area contributed by atoms with E-state index in [1.807, 2.05) is 0 Å². The molecular weight excluding hydrogens is 266 g/mol. The molecule has 102 valence electrons. The summed E-state index contributed by atoms with van der Waals surface area (Å²) in [5, 5.41) is 8.34. The number of rotatable bonds is 5. The number of halogens is 2. The summed E-state index contributed by atoms with van der Waals surface area (Å²) in [6, 6.07) is 3.89. The number of benzene rings is 1. The molecule has 0 aliphatic carbocycles. The second-order valence-corrected chi connectivity index (χ2v) is 5.62. The van der Waals surface area contributed by atoms with Crippen LogP contribution in [0, 0.1) is 6.92 Å². The summed E-state index contributed by atoms with van der Waals surface area (Å²) in [7, 11) is -4.04. The van der Waals surface area contributed by atoms with Gasteiger partial charge in [-0.1, -0.05) is 0 Å². The molecule has 1 aromatic carbocycles. The molecule has 8 heteroatoms. The zero-order chi connectivity index (χ0) is 14.0. The van der Waals surface area contributed by atoms with Crippen LogP contribution >= 0.6 is 0 Å². The first-order valence-corrected chi connectivity index (χ1v) is 6.51. The molecule has 0 radical (unpaired) electrons. The van der Waals surface area contributed by atoms with Gasteiger partial charge in [-0.25, -0.2) is 21.9 Å². The van der Waals surface area contributed by atoms with Crippen LogP contribution in [0.3, 0.4) is 0 Å². The number of aryl methyl sites for hydroxylation is 1. The van der Waals surface area contributed by atoms with Crippen molar-refractivity contribution in [2.45, 2.75) is 17.7 Å². The van der Waals surface area contributed by atoms with Crippen LogP contribution in [0.5, 0.6) is 0 Å². The van der Waals surface area contributed by atoms with Crippen LogP contribution in [0.25, 0.3) is 0 Å². The third-order valence-electron chi connectivity index (χ3n) is 2.30. The second kappa shape index (κ2) is 5.17. The van der Waals surface area contributed by atoms with Crippen molar-refractivity contribution in [3.63, 3.8) is 0 Å². The van der Waals surface area contributed by atoms with Gasteiger partial charge in [0, 0.05) is 5.69 Å². The maximum absolute atomic E-state index is 12.7. The molecule has 0 bridgehead atoms. The first kappa shape index (κ1) is 14.8. The van der Waals surface area contributed by atoms with Gasteiger partial charge in [-0.3, -0.25) is 0 Å². The van der Waals surface area contributed by atoms with Crippen molar-refractivity contribution < 1.29 is 22.3 Å². The van der Waals surface area contributed by atoms with Crippen molar-refractivity contribution in [1.82, 2.24) is 4.72 Å². The van der Waals surface area contributed by atoms with Crippen molar-refractivity contribution in [1.29, 1.82) is 0 Å². The highest BCUT2D eigenvalue weighted by molar-refractivity contribution is 7.89. The molecule has 0 fully saturated rings. The number of anilines is 1. The lowest BCUT2D eigenvalue weighted by atomic mass is 10.2. The van der Waals surface area contributed by atoms with E-state index in [0.29, 0.717) is 11.3 Å². The predicted molar refractivity (Wildman–Crippen MR) is 62.8 cm³/mol. The average Bonchev–Trinajstić information content (AvgIpc) is 2.30. The van der Waals surface area contributed by atoms with Crippen LogP contribution in [0.2, 0.25) is 0 Å². The van der Waals surface area contributed by atoms with E-state index in [4.69, 9.17) is 10.8 Å². The van der Waals surface area contributed by atoms with Gasteiger partial charge >= 0.3 is 0 Å². The fourth-order valence-corrected chi connectivity index (χ4v) is 2.30. The number of aliphatic hydroxyl groups is 1. The Hall–Kier alpha value is -1.25. The molecule has 0 atom stereocenters. The molecule has 1 aromatic rings. The molecule has 0 amide bonds. The highest BCUT2D eigenvalue weighted by atomic mass is 32.2. The highest BCUT2D eigenvalue weighted by Gasteiger charge is 2.30. The lowest BCUT2D eigenvalue weighted by molar-refractivity contribution is -0.0437. The fraction of sp³-hybridized carbons (Fsp3) is 0.400. The van der Waals surface area contributed by atoms with Crippen LogP contribution in [0.4, 0.5) is 14.5 Å². The van der Waals surface area contributed by atoms with Crippen LogP contribution in [-0.2, 0) is 10.0 Å². The van der Waals surface area contributed by atoms with Gasteiger partial charge in [-0.05, 0) is 30.7 Å². The molecule has 18 heavy (non-hydrogen) atoms. The molecule has 0 aromatic heterocycles. The minimum absolute atomic E-state index is 0.150. The van der Waals surface area contributed by atoms with Gasteiger partial charge in [0.15, 0.2) is 0 Å². The summed E-state index contributed by atoms with van der Waals surface area (Å²) in [6.07, 6.45) is 0. The first-order valence-electron chi connectivity index (χ1n) is 5.02. The number of hydrogen-bond donors (Lipinski definition) is 3. The van der Waals surface area contributed by atoms with Gasteiger partial charge in [0.25, 0.3) is 5.92 Å². The summed E-state index contributed by atoms with van der Waals surface area (Å²) in [5.74, 6) is -3.49.